The maximum atomic E-state index is 9.83. The Kier molecular flexibility index (Phi) is 3.24. The van der Waals surface area contributed by atoms with Gasteiger partial charge in [0.05, 0.1) is 18.5 Å². The van der Waals surface area contributed by atoms with E-state index in [9.17, 15) is 5.11 Å². The highest BCUT2D eigenvalue weighted by Gasteiger charge is 2.25. The van der Waals surface area contributed by atoms with Crippen molar-refractivity contribution in [2.45, 2.75) is 19.4 Å². The van der Waals surface area contributed by atoms with Gasteiger partial charge in [-0.2, -0.15) is 0 Å². The third-order valence-corrected chi connectivity index (χ3v) is 3.12. The SMILES string of the molecule is CNc1cncc(N2CCC(C)C(O)C2)n1. The molecule has 2 atom stereocenters. The largest absolute Gasteiger partial charge is 0.391 e. The third kappa shape index (κ3) is 2.24. The van der Waals surface area contributed by atoms with Gasteiger partial charge < -0.3 is 15.3 Å². The lowest BCUT2D eigenvalue weighted by molar-refractivity contribution is 0.102. The molecule has 0 radical (unpaired) electrons. The van der Waals surface area contributed by atoms with Crippen LogP contribution in [0.15, 0.2) is 12.4 Å². The predicted octanol–water partition coefficient (Wildman–Crippen LogP) is 0.725. The molecular formula is C11H18N4O. The first-order valence-corrected chi connectivity index (χ1v) is 5.63. The number of aromatic nitrogens is 2. The summed E-state index contributed by atoms with van der Waals surface area (Å²) in [6.07, 6.45) is 4.15. The molecule has 0 aliphatic carbocycles. The van der Waals surface area contributed by atoms with Crippen LogP contribution in [0.5, 0.6) is 0 Å². The standard InChI is InChI=1S/C11H18N4O/c1-8-3-4-15(7-9(8)16)11-6-13-5-10(12-2)14-11/h5-6,8-9,16H,3-4,7H2,1-2H3,(H,12,14). The average molecular weight is 222 g/mol. The summed E-state index contributed by atoms with van der Waals surface area (Å²) in [6.45, 7) is 3.65. The van der Waals surface area contributed by atoms with Crippen molar-refractivity contribution in [3.05, 3.63) is 12.4 Å². The quantitative estimate of drug-likeness (QED) is 0.772. The van der Waals surface area contributed by atoms with Crippen molar-refractivity contribution in [3.8, 4) is 0 Å². The molecule has 88 valence electrons. The Morgan fingerprint density at radius 1 is 1.50 bits per heavy atom. The lowest BCUT2D eigenvalue weighted by atomic mass is 9.96. The number of nitrogens with zero attached hydrogens (tertiary/aromatic N) is 3. The highest BCUT2D eigenvalue weighted by Crippen LogP contribution is 2.21. The molecule has 0 spiro atoms. The summed E-state index contributed by atoms with van der Waals surface area (Å²) in [5.41, 5.74) is 0. The van der Waals surface area contributed by atoms with Crippen molar-refractivity contribution < 1.29 is 5.11 Å². The molecule has 1 aliphatic heterocycles. The van der Waals surface area contributed by atoms with Crippen molar-refractivity contribution in [2.75, 3.05) is 30.4 Å². The van der Waals surface area contributed by atoms with Crippen molar-refractivity contribution in [2.24, 2.45) is 5.92 Å². The van der Waals surface area contributed by atoms with Gasteiger partial charge in [-0.25, -0.2) is 4.98 Å². The molecule has 2 rings (SSSR count). The Balaban J connectivity index is 2.12. The minimum Gasteiger partial charge on any atom is -0.391 e. The zero-order valence-electron chi connectivity index (χ0n) is 9.72. The Morgan fingerprint density at radius 3 is 3.00 bits per heavy atom. The molecule has 2 heterocycles. The fourth-order valence-corrected chi connectivity index (χ4v) is 1.89. The maximum absolute atomic E-state index is 9.83. The van der Waals surface area contributed by atoms with E-state index in [2.05, 4.69) is 27.1 Å². The predicted molar refractivity (Wildman–Crippen MR) is 63.6 cm³/mol. The van der Waals surface area contributed by atoms with E-state index in [1.54, 1.807) is 12.4 Å². The highest BCUT2D eigenvalue weighted by atomic mass is 16.3. The smallest absolute Gasteiger partial charge is 0.149 e. The minimum absolute atomic E-state index is 0.270. The van der Waals surface area contributed by atoms with Gasteiger partial charge in [0, 0.05) is 20.1 Å². The molecule has 1 aromatic heterocycles. The Hall–Kier alpha value is -1.36. The third-order valence-electron chi connectivity index (χ3n) is 3.12. The average Bonchev–Trinajstić information content (AvgIpc) is 2.33. The number of nitrogens with one attached hydrogen (secondary N) is 1. The molecule has 0 saturated carbocycles. The van der Waals surface area contributed by atoms with Gasteiger partial charge in [-0.3, -0.25) is 4.98 Å². The van der Waals surface area contributed by atoms with E-state index in [0.717, 1.165) is 24.6 Å². The van der Waals surface area contributed by atoms with Crippen LogP contribution in [0.1, 0.15) is 13.3 Å². The molecule has 0 bridgehead atoms. The van der Waals surface area contributed by atoms with Crippen molar-refractivity contribution in [1.82, 2.24) is 9.97 Å². The van der Waals surface area contributed by atoms with Crippen molar-refractivity contribution in [3.63, 3.8) is 0 Å². The Labute approximate surface area is 95.5 Å². The molecule has 5 nitrogen and oxygen atoms in total. The molecule has 16 heavy (non-hydrogen) atoms. The first kappa shape index (κ1) is 11.1. The zero-order valence-corrected chi connectivity index (χ0v) is 9.72. The first-order chi connectivity index (χ1) is 7.70. The number of hydrogen-bond donors (Lipinski definition) is 2. The van der Waals surface area contributed by atoms with Crippen LogP contribution in [0, 0.1) is 5.92 Å². The van der Waals surface area contributed by atoms with Gasteiger partial charge >= 0.3 is 0 Å². The monoisotopic (exact) mass is 222 g/mol. The Bertz CT molecular complexity index is 358. The number of hydrogen-bond acceptors (Lipinski definition) is 5. The van der Waals surface area contributed by atoms with Gasteiger partial charge in [-0.05, 0) is 12.3 Å². The molecule has 1 aromatic rings. The number of rotatable bonds is 2. The van der Waals surface area contributed by atoms with Crippen LogP contribution in [-0.4, -0.2) is 41.3 Å². The maximum Gasteiger partial charge on any atom is 0.149 e. The number of anilines is 2. The lowest BCUT2D eigenvalue weighted by Crippen LogP contribution is -2.43. The van der Waals surface area contributed by atoms with E-state index in [-0.39, 0.29) is 6.10 Å². The minimum atomic E-state index is -0.270. The fourth-order valence-electron chi connectivity index (χ4n) is 1.89. The van der Waals surface area contributed by atoms with Crippen LogP contribution < -0.4 is 10.2 Å². The fraction of sp³-hybridized carbons (Fsp3) is 0.636. The molecule has 1 fully saturated rings. The number of β-amino-alcohol motifs (C(OH)–C–C–N with tert-alkyl or cyclic N) is 1. The number of aliphatic hydroxyl groups is 1. The van der Waals surface area contributed by atoms with E-state index in [4.69, 9.17) is 0 Å². The van der Waals surface area contributed by atoms with Crippen molar-refractivity contribution >= 4 is 11.6 Å². The highest BCUT2D eigenvalue weighted by molar-refractivity contribution is 5.43. The van der Waals surface area contributed by atoms with Gasteiger partial charge in [-0.15, -0.1) is 0 Å². The molecular weight excluding hydrogens is 204 g/mol. The van der Waals surface area contributed by atoms with Crippen LogP contribution in [0.25, 0.3) is 0 Å². The van der Waals surface area contributed by atoms with E-state index in [1.165, 1.54) is 0 Å². The second-order valence-corrected chi connectivity index (χ2v) is 4.29. The normalized spacial score (nSPS) is 25.6. The summed E-state index contributed by atoms with van der Waals surface area (Å²) in [4.78, 5) is 10.6. The summed E-state index contributed by atoms with van der Waals surface area (Å²) in [7, 11) is 1.82. The lowest BCUT2D eigenvalue weighted by Gasteiger charge is -2.34. The van der Waals surface area contributed by atoms with Crippen LogP contribution in [0.4, 0.5) is 11.6 Å². The van der Waals surface area contributed by atoms with Crippen LogP contribution in [0.2, 0.25) is 0 Å². The molecule has 1 saturated heterocycles. The molecule has 5 heteroatoms. The second-order valence-electron chi connectivity index (χ2n) is 4.29. The van der Waals surface area contributed by atoms with Crippen LogP contribution in [-0.2, 0) is 0 Å². The van der Waals surface area contributed by atoms with Crippen molar-refractivity contribution in [1.29, 1.82) is 0 Å². The first-order valence-electron chi connectivity index (χ1n) is 5.63. The zero-order chi connectivity index (χ0) is 11.5. The van der Waals surface area contributed by atoms with Crippen LogP contribution in [0.3, 0.4) is 0 Å². The van der Waals surface area contributed by atoms with E-state index < -0.39 is 0 Å². The van der Waals surface area contributed by atoms with Crippen LogP contribution >= 0.6 is 0 Å². The molecule has 2 unspecified atom stereocenters. The van der Waals surface area contributed by atoms with E-state index in [1.807, 2.05) is 7.05 Å². The summed E-state index contributed by atoms with van der Waals surface area (Å²) < 4.78 is 0. The number of piperidine rings is 1. The molecule has 1 aliphatic rings. The van der Waals surface area contributed by atoms with Gasteiger partial charge in [0.15, 0.2) is 0 Å². The summed E-state index contributed by atoms with van der Waals surface area (Å²) in [5.74, 6) is 1.96. The molecule has 2 N–H and O–H groups in total. The molecule has 0 amide bonds. The second kappa shape index (κ2) is 4.65. The summed E-state index contributed by atoms with van der Waals surface area (Å²) >= 11 is 0. The molecule has 0 aromatic carbocycles. The van der Waals surface area contributed by atoms with Gasteiger partial charge in [0.2, 0.25) is 0 Å². The van der Waals surface area contributed by atoms with Gasteiger partial charge in [0.25, 0.3) is 0 Å². The van der Waals surface area contributed by atoms with Gasteiger partial charge in [-0.1, -0.05) is 6.92 Å². The summed E-state index contributed by atoms with van der Waals surface area (Å²) in [5, 5.41) is 12.8. The summed E-state index contributed by atoms with van der Waals surface area (Å²) in [6, 6.07) is 0. The number of aliphatic hydroxyl groups excluding tert-OH is 1. The van der Waals surface area contributed by atoms with E-state index >= 15 is 0 Å². The van der Waals surface area contributed by atoms with Gasteiger partial charge in [0.1, 0.15) is 11.6 Å². The Morgan fingerprint density at radius 2 is 2.31 bits per heavy atom. The topological polar surface area (TPSA) is 61.3 Å². The van der Waals surface area contributed by atoms with E-state index in [0.29, 0.717) is 12.5 Å².